The van der Waals surface area contributed by atoms with Gasteiger partial charge in [-0.3, -0.25) is 0 Å². The van der Waals surface area contributed by atoms with E-state index in [0.717, 1.165) is 12.2 Å². The fourth-order valence-corrected chi connectivity index (χ4v) is 1.31. The van der Waals surface area contributed by atoms with Gasteiger partial charge >= 0.3 is 0 Å². The van der Waals surface area contributed by atoms with E-state index in [2.05, 4.69) is 13.8 Å². The lowest BCUT2D eigenvalue weighted by molar-refractivity contribution is 0.369. The molecule has 0 unspecified atom stereocenters. The fraction of sp³-hybridized carbons (Fsp3) is 0.556. The molecule has 3 heteroatoms. The van der Waals surface area contributed by atoms with Crippen molar-refractivity contribution in [3.05, 3.63) is 23.1 Å². The number of furan rings is 1. The second kappa shape index (κ2) is 3.50. The van der Waals surface area contributed by atoms with Crippen molar-refractivity contribution in [1.29, 1.82) is 0 Å². The van der Waals surface area contributed by atoms with Crippen molar-refractivity contribution < 1.29 is 4.42 Å². The van der Waals surface area contributed by atoms with Gasteiger partial charge in [-0.15, -0.1) is 0 Å². The van der Waals surface area contributed by atoms with Crippen molar-refractivity contribution in [2.45, 2.75) is 25.7 Å². The van der Waals surface area contributed by atoms with Crippen LogP contribution >= 0.6 is 11.6 Å². The minimum Gasteiger partial charge on any atom is -0.449 e. The summed E-state index contributed by atoms with van der Waals surface area (Å²) < 4.78 is 5.31. The number of nitrogens with two attached hydrogens (primary N) is 1. The Morgan fingerprint density at radius 3 is 2.58 bits per heavy atom. The van der Waals surface area contributed by atoms with E-state index in [1.54, 1.807) is 6.07 Å². The van der Waals surface area contributed by atoms with Crippen molar-refractivity contribution in [1.82, 2.24) is 0 Å². The second-order valence-electron chi connectivity index (χ2n) is 3.53. The molecule has 0 spiro atoms. The van der Waals surface area contributed by atoms with E-state index >= 15 is 0 Å². The molecule has 0 aliphatic carbocycles. The summed E-state index contributed by atoms with van der Waals surface area (Å²) in [5.41, 5.74) is 5.47. The van der Waals surface area contributed by atoms with Gasteiger partial charge in [0.2, 0.25) is 0 Å². The zero-order chi connectivity index (χ0) is 9.19. The maximum absolute atomic E-state index is 5.67. The SMILES string of the molecule is CC(C)(CCN)c1ccc(Cl)o1. The normalized spacial score (nSPS) is 12.0. The van der Waals surface area contributed by atoms with Gasteiger partial charge in [0, 0.05) is 5.41 Å². The van der Waals surface area contributed by atoms with E-state index in [9.17, 15) is 0 Å². The van der Waals surface area contributed by atoms with Gasteiger partial charge in [0.15, 0.2) is 5.22 Å². The zero-order valence-electron chi connectivity index (χ0n) is 7.43. The predicted octanol–water partition coefficient (Wildman–Crippen LogP) is 2.56. The maximum Gasteiger partial charge on any atom is 0.193 e. The largest absolute Gasteiger partial charge is 0.449 e. The summed E-state index contributed by atoms with van der Waals surface area (Å²) in [4.78, 5) is 0. The average molecular weight is 188 g/mol. The summed E-state index contributed by atoms with van der Waals surface area (Å²) in [6, 6.07) is 3.66. The summed E-state index contributed by atoms with van der Waals surface area (Å²) in [5, 5.41) is 0.440. The molecule has 0 bridgehead atoms. The van der Waals surface area contributed by atoms with Gasteiger partial charge in [-0.2, -0.15) is 0 Å². The van der Waals surface area contributed by atoms with E-state index in [1.807, 2.05) is 6.07 Å². The van der Waals surface area contributed by atoms with E-state index in [-0.39, 0.29) is 5.41 Å². The van der Waals surface area contributed by atoms with E-state index in [0.29, 0.717) is 11.8 Å². The molecule has 0 saturated heterocycles. The van der Waals surface area contributed by atoms with Crippen molar-refractivity contribution in [3.8, 4) is 0 Å². The van der Waals surface area contributed by atoms with E-state index < -0.39 is 0 Å². The summed E-state index contributed by atoms with van der Waals surface area (Å²) in [7, 11) is 0. The predicted molar refractivity (Wildman–Crippen MR) is 50.4 cm³/mol. The van der Waals surface area contributed by atoms with Crippen LogP contribution in [0, 0.1) is 0 Å². The lowest BCUT2D eigenvalue weighted by Crippen LogP contribution is -2.20. The second-order valence-corrected chi connectivity index (χ2v) is 3.90. The topological polar surface area (TPSA) is 39.2 Å². The highest BCUT2D eigenvalue weighted by molar-refractivity contribution is 6.28. The van der Waals surface area contributed by atoms with Crippen LogP contribution in [0.4, 0.5) is 0 Å². The minimum atomic E-state index is -0.0120. The van der Waals surface area contributed by atoms with Gasteiger partial charge < -0.3 is 10.2 Å². The van der Waals surface area contributed by atoms with Crippen LogP contribution in [-0.4, -0.2) is 6.54 Å². The summed E-state index contributed by atoms with van der Waals surface area (Å²) in [6.07, 6.45) is 0.900. The maximum atomic E-state index is 5.67. The van der Waals surface area contributed by atoms with E-state index in [1.165, 1.54) is 0 Å². The van der Waals surface area contributed by atoms with Gasteiger partial charge in [-0.25, -0.2) is 0 Å². The first kappa shape index (κ1) is 9.62. The number of halogens is 1. The third kappa shape index (κ3) is 2.02. The van der Waals surface area contributed by atoms with Crippen LogP contribution in [-0.2, 0) is 5.41 Å². The third-order valence-corrected chi connectivity index (χ3v) is 2.21. The Hall–Kier alpha value is -0.470. The molecule has 0 fully saturated rings. The molecule has 1 rings (SSSR count). The number of hydrogen-bond acceptors (Lipinski definition) is 2. The van der Waals surface area contributed by atoms with Crippen LogP contribution in [0.5, 0.6) is 0 Å². The molecule has 0 amide bonds. The molecule has 1 aromatic heterocycles. The van der Waals surface area contributed by atoms with Gasteiger partial charge in [0.25, 0.3) is 0 Å². The summed E-state index contributed by atoms with van der Waals surface area (Å²) in [6.45, 7) is 4.84. The highest BCUT2D eigenvalue weighted by atomic mass is 35.5. The van der Waals surface area contributed by atoms with Crippen LogP contribution < -0.4 is 5.73 Å². The Morgan fingerprint density at radius 1 is 1.50 bits per heavy atom. The highest BCUT2D eigenvalue weighted by Crippen LogP contribution is 2.29. The Balaban J connectivity index is 2.81. The van der Waals surface area contributed by atoms with Crippen LogP contribution in [0.15, 0.2) is 16.5 Å². The van der Waals surface area contributed by atoms with Crippen LogP contribution in [0.1, 0.15) is 26.0 Å². The molecule has 68 valence electrons. The highest BCUT2D eigenvalue weighted by Gasteiger charge is 2.23. The van der Waals surface area contributed by atoms with Gasteiger partial charge in [-0.05, 0) is 36.7 Å². The first-order valence-electron chi connectivity index (χ1n) is 4.02. The molecule has 0 atom stereocenters. The van der Waals surface area contributed by atoms with Crippen LogP contribution in [0.3, 0.4) is 0 Å². The molecule has 1 aromatic rings. The van der Waals surface area contributed by atoms with E-state index in [4.69, 9.17) is 21.8 Å². The quantitative estimate of drug-likeness (QED) is 0.790. The fourth-order valence-electron chi connectivity index (χ4n) is 1.16. The monoisotopic (exact) mass is 187 g/mol. The van der Waals surface area contributed by atoms with Gasteiger partial charge in [0.1, 0.15) is 5.76 Å². The van der Waals surface area contributed by atoms with Crippen LogP contribution in [0.2, 0.25) is 5.22 Å². The van der Waals surface area contributed by atoms with Gasteiger partial charge in [0.05, 0.1) is 0 Å². The minimum absolute atomic E-state index is 0.0120. The molecule has 0 aliphatic heterocycles. The first-order chi connectivity index (χ1) is 5.56. The van der Waals surface area contributed by atoms with Crippen molar-refractivity contribution in [2.24, 2.45) is 5.73 Å². The molecular formula is C9H14ClNO. The Morgan fingerprint density at radius 2 is 2.17 bits per heavy atom. The standard InChI is InChI=1S/C9H14ClNO/c1-9(2,5-6-11)7-3-4-8(10)12-7/h3-4H,5-6,11H2,1-2H3. The van der Waals surface area contributed by atoms with Crippen molar-refractivity contribution >= 4 is 11.6 Å². The van der Waals surface area contributed by atoms with Crippen molar-refractivity contribution in [2.75, 3.05) is 6.54 Å². The number of hydrogen-bond donors (Lipinski definition) is 1. The zero-order valence-corrected chi connectivity index (χ0v) is 8.19. The molecular weight excluding hydrogens is 174 g/mol. The lowest BCUT2D eigenvalue weighted by atomic mass is 9.87. The molecule has 2 N–H and O–H groups in total. The Kier molecular flexibility index (Phi) is 2.80. The summed E-state index contributed by atoms with van der Waals surface area (Å²) in [5.74, 6) is 0.901. The molecule has 2 nitrogen and oxygen atoms in total. The molecule has 12 heavy (non-hydrogen) atoms. The molecule has 0 saturated carbocycles. The Bertz CT molecular complexity index is 255. The van der Waals surface area contributed by atoms with Gasteiger partial charge in [-0.1, -0.05) is 13.8 Å². The molecule has 0 aliphatic rings. The third-order valence-electron chi connectivity index (χ3n) is 2.01. The first-order valence-corrected chi connectivity index (χ1v) is 4.40. The van der Waals surface area contributed by atoms with Crippen molar-refractivity contribution in [3.63, 3.8) is 0 Å². The molecule has 0 aromatic carbocycles. The average Bonchev–Trinajstić information content (AvgIpc) is 2.36. The molecule has 0 radical (unpaired) electrons. The molecule has 1 heterocycles. The summed E-state index contributed by atoms with van der Waals surface area (Å²) >= 11 is 5.67. The smallest absolute Gasteiger partial charge is 0.193 e. The van der Waals surface area contributed by atoms with Crippen LogP contribution in [0.25, 0.3) is 0 Å². The number of rotatable bonds is 3. The Labute approximate surface area is 77.7 Å². The lowest BCUT2D eigenvalue weighted by Gasteiger charge is -2.20.